The van der Waals surface area contributed by atoms with Gasteiger partial charge in [0.2, 0.25) is 0 Å². The highest BCUT2D eigenvalue weighted by Crippen LogP contribution is 2.43. The van der Waals surface area contributed by atoms with E-state index < -0.39 is 0 Å². The van der Waals surface area contributed by atoms with E-state index in [2.05, 4.69) is 185 Å². The van der Waals surface area contributed by atoms with E-state index in [9.17, 15) is 0 Å². The molecule has 0 spiro atoms. The van der Waals surface area contributed by atoms with Gasteiger partial charge in [-0.1, -0.05) is 329 Å². The molecule has 0 aromatic heterocycles. The van der Waals surface area contributed by atoms with Gasteiger partial charge in [0.05, 0.1) is 26.4 Å². The van der Waals surface area contributed by atoms with Crippen molar-refractivity contribution >= 4 is 0 Å². The number of hydrogen-bond acceptors (Lipinski definition) is 4. The van der Waals surface area contributed by atoms with Gasteiger partial charge >= 0.3 is 0 Å². The van der Waals surface area contributed by atoms with E-state index in [0.717, 1.165) is 97.0 Å². The van der Waals surface area contributed by atoms with Gasteiger partial charge < -0.3 is 18.9 Å². The molecule has 0 saturated heterocycles. The molecule has 0 heterocycles. The van der Waals surface area contributed by atoms with Crippen LogP contribution in [-0.4, -0.2) is 26.4 Å². The minimum absolute atomic E-state index is 0.658. The van der Waals surface area contributed by atoms with Gasteiger partial charge in [0.25, 0.3) is 0 Å². The van der Waals surface area contributed by atoms with Crippen molar-refractivity contribution in [3.63, 3.8) is 0 Å². The Balaban J connectivity index is 0.886. The van der Waals surface area contributed by atoms with Crippen molar-refractivity contribution in [2.24, 2.45) is 0 Å². The predicted octanol–water partition coefficient (Wildman–Crippen LogP) is 25.8. The summed E-state index contributed by atoms with van der Waals surface area (Å²) in [6, 6.07) is 57.3. The molecular formula is C82H110O4. The summed E-state index contributed by atoms with van der Waals surface area (Å²) in [6.45, 7) is 11.9. The van der Waals surface area contributed by atoms with Crippen LogP contribution < -0.4 is 18.9 Å². The summed E-state index contributed by atoms with van der Waals surface area (Å²) in [6.07, 6.45) is 42.4. The standard InChI is InChI=1S/C82H110O4/c1-5-9-13-15-17-19-21-23-25-27-29-31-33-35-63-83-77-57-53-73(54-58-77)69-41-37-67(38-42-69)71-45-49-75(50-46-71)79-65-82(86-62-12-8-4)80(66-81(79)85-61-11-7-3)76-51-47-72(48-52-76)68-39-43-70(44-40-68)74-55-59-78(60-56-74)84-64-36-34-32-30-28-26-24-22-20-18-16-14-10-6-2/h37-60,65-66H,5-36,61-64H2,1-4H3. The quantitative estimate of drug-likeness (QED) is 0.0356. The highest BCUT2D eigenvalue weighted by molar-refractivity contribution is 5.83. The molecule has 0 unspecified atom stereocenters. The van der Waals surface area contributed by atoms with E-state index in [1.807, 2.05) is 0 Å². The normalized spacial score (nSPS) is 11.3. The summed E-state index contributed by atoms with van der Waals surface area (Å²) in [7, 11) is 0. The van der Waals surface area contributed by atoms with Crippen LogP contribution in [0.15, 0.2) is 158 Å². The first-order chi connectivity index (χ1) is 42.6. The topological polar surface area (TPSA) is 36.9 Å². The molecule has 0 saturated carbocycles. The van der Waals surface area contributed by atoms with Crippen molar-refractivity contribution in [3.05, 3.63) is 158 Å². The van der Waals surface area contributed by atoms with Gasteiger partial charge in [-0.2, -0.15) is 0 Å². The molecule has 86 heavy (non-hydrogen) atoms. The first-order valence-electron chi connectivity index (χ1n) is 34.9. The zero-order chi connectivity index (χ0) is 59.9. The summed E-state index contributed by atoms with van der Waals surface area (Å²) < 4.78 is 25.6. The zero-order valence-electron chi connectivity index (χ0n) is 54.1. The van der Waals surface area contributed by atoms with E-state index in [-0.39, 0.29) is 0 Å². The van der Waals surface area contributed by atoms with Crippen molar-refractivity contribution in [1.82, 2.24) is 0 Å². The van der Waals surface area contributed by atoms with Crippen LogP contribution in [0.3, 0.4) is 0 Å². The lowest BCUT2D eigenvalue weighted by Crippen LogP contribution is -2.02. The summed E-state index contributed by atoms with van der Waals surface area (Å²) in [5, 5.41) is 0. The van der Waals surface area contributed by atoms with Crippen LogP contribution in [0, 0.1) is 0 Å². The lowest BCUT2D eigenvalue weighted by atomic mass is 9.94. The smallest absolute Gasteiger partial charge is 0.128 e. The summed E-state index contributed by atoms with van der Waals surface area (Å²) in [4.78, 5) is 0. The lowest BCUT2D eigenvalue weighted by molar-refractivity contribution is 0.303. The minimum Gasteiger partial charge on any atom is -0.494 e. The van der Waals surface area contributed by atoms with Gasteiger partial charge in [-0.25, -0.2) is 0 Å². The second-order valence-electron chi connectivity index (χ2n) is 24.5. The second kappa shape index (κ2) is 41.0. The number of unbranched alkanes of at least 4 members (excludes halogenated alkanes) is 28. The van der Waals surface area contributed by atoms with Gasteiger partial charge in [0.1, 0.15) is 23.0 Å². The fourth-order valence-electron chi connectivity index (χ4n) is 11.8. The number of rotatable bonds is 46. The molecule has 7 aromatic carbocycles. The van der Waals surface area contributed by atoms with Crippen LogP contribution in [-0.2, 0) is 0 Å². The monoisotopic (exact) mass is 1160 g/mol. The largest absolute Gasteiger partial charge is 0.494 e. The third-order valence-electron chi connectivity index (χ3n) is 17.3. The molecule has 0 bridgehead atoms. The molecule has 4 heteroatoms. The van der Waals surface area contributed by atoms with Crippen LogP contribution >= 0.6 is 0 Å². The molecule has 462 valence electrons. The lowest BCUT2D eigenvalue weighted by Gasteiger charge is -2.19. The Labute approximate surface area is 523 Å². The Morgan fingerprint density at radius 3 is 0.605 bits per heavy atom. The Hall–Kier alpha value is -6.26. The average molecular weight is 1160 g/mol. The number of ether oxygens (including phenoxy) is 4. The molecule has 0 aliphatic heterocycles. The molecule has 0 aliphatic carbocycles. The van der Waals surface area contributed by atoms with Crippen LogP contribution in [0.25, 0.3) is 66.8 Å². The molecule has 0 atom stereocenters. The van der Waals surface area contributed by atoms with Gasteiger partial charge in [-0.05, 0) is 118 Å². The third kappa shape index (κ3) is 24.1. The maximum atomic E-state index is 6.65. The average Bonchev–Trinajstić information content (AvgIpc) is 2.88. The van der Waals surface area contributed by atoms with Gasteiger partial charge in [-0.3, -0.25) is 0 Å². The van der Waals surface area contributed by atoms with E-state index >= 15 is 0 Å². The fourth-order valence-corrected chi connectivity index (χ4v) is 11.8. The highest BCUT2D eigenvalue weighted by Gasteiger charge is 2.17. The summed E-state index contributed by atoms with van der Waals surface area (Å²) in [5.41, 5.74) is 13.8. The summed E-state index contributed by atoms with van der Waals surface area (Å²) in [5.74, 6) is 3.66. The molecule has 0 aliphatic rings. The fraction of sp³-hybridized carbons (Fsp3) is 0.488. The highest BCUT2D eigenvalue weighted by atomic mass is 16.5. The minimum atomic E-state index is 0.658. The third-order valence-corrected chi connectivity index (χ3v) is 17.3. The molecule has 7 rings (SSSR count). The summed E-state index contributed by atoms with van der Waals surface area (Å²) >= 11 is 0. The molecule has 0 fully saturated rings. The molecule has 0 N–H and O–H groups in total. The van der Waals surface area contributed by atoms with E-state index in [1.54, 1.807) is 0 Å². The Kier molecular flexibility index (Phi) is 32.1. The van der Waals surface area contributed by atoms with Crippen LogP contribution in [0.4, 0.5) is 0 Å². The van der Waals surface area contributed by atoms with Crippen molar-refractivity contribution in [1.29, 1.82) is 0 Å². The number of hydrogen-bond donors (Lipinski definition) is 0. The van der Waals surface area contributed by atoms with Crippen LogP contribution in [0.1, 0.15) is 233 Å². The van der Waals surface area contributed by atoms with E-state index in [0.29, 0.717) is 13.2 Å². The van der Waals surface area contributed by atoms with E-state index in [4.69, 9.17) is 18.9 Å². The first-order valence-corrected chi connectivity index (χ1v) is 34.9. The Morgan fingerprint density at radius 2 is 0.372 bits per heavy atom. The Morgan fingerprint density at radius 1 is 0.186 bits per heavy atom. The van der Waals surface area contributed by atoms with Crippen LogP contribution in [0.2, 0.25) is 0 Å². The number of benzene rings is 7. The van der Waals surface area contributed by atoms with Gasteiger partial charge in [0.15, 0.2) is 0 Å². The van der Waals surface area contributed by atoms with Crippen molar-refractivity contribution < 1.29 is 18.9 Å². The van der Waals surface area contributed by atoms with Gasteiger partial charge in [-0.15, -0.1) is 0 Å². The predicted molar refractivity (Wildman–Crippen MR) is 371 cm³/mol. The molecule has 4 nitrogen and oxygen atoms in total. The second-order valence-corrected chi connectivity index (χ2v) is 24.5. The molecule has 7 aromatic rings. The Bertz CT molecular complexity index is 2630. The molecule has 0 amide bonds. The van der Waals surface area contributed by atoms with Crippen molar-refractivity contribution in [3.8, 4) is 89.8 Å². The van der Waals surface area contributed by atoms with E-state index in [1.165, 1.54) is 211 Å². The maximum absolute atomic E-state index is 6.65. The SMILES string of the molecule is CCCCCCCCCCCCCCCCOc1ccc(-c2ccc(-c3ccc(-c4cc(OCCCC)c(-c5ccc(-c6ccc(-c7ccc(OCCCCCCCCCCCCCCCC)cc7)cc6)cc5)cc4OCCCC)cc3)cc2)cc1. The van der Waals surface area contributed by atoms with Crippen molar-refractivity contribution in [2.75, 3.05) is 26.4 Å². The van der Waals surface area contributed by atoms with Crippen molar-refractivity contribution in [2.45, 2.75) is 233 Å². The first kappa shape index (κ1) is 67.3. The van der Waals surface area contributed by atoms with Crippen LogP contribution in [0.5, 0.6) is 23.0 Å². The maximum Gasteiger partial charge on any atom is 0.128 e. The molecule has 0 radical (unpaired) electrons. The zero-order valence-corrected chi connectivity index (χ0v) is 54.1. The van der Waals surface area contributed by atoms with Gasteiger partial charge in [0, 0.05) is 11.1 Å². The molecular weight excluding hydrogens is 1050 g/mol.